The summed E-state index contributed by atoms with van der Waals surface area (Å²) in [5, 5.41) is 5.24. The topological polar surface area (TPSA) is 264 Å². The van der Waals surface area contributed by atoms with Crippen LogP contribution >= 0.6 is 23.2 Å². The molecule has 18 nitrogen and oxygen atoms in total. The van der Waals surface area contributed by atoms with E-state index in [1.807, 2.05) is 11.8 Å². The molecule has 5 aromatic carbocycles. The first-order valence-electron chi connectivity index (χ1n) is 17.3. The number of ether oxygens (including phenoxy) is 1. The van der Waals surface area contributed by atoms with Gasteiger partial charge in [0.1, 0.15) is 52.0 Å². The normalized spacial score (nSPS) is 11.7. The Hall–Kier alpha value is -3.78. The van der Waals surface area contributed by atoms with Crippen LogP contribution in [0.1, 0.15) is 12.5 Å². The zero-order valence-corrected chi connectivity index (χ0v) is 40.9. The zero-order chi connectivity index (χ0) is 43.1. The quantitative estimate of drug-likeness (QED) is 0.0633. The Bertz CT molecular complexity index is 3190. The van der Waals surface area contributed by atoms with Gasteiger partial charge in [0.25, 0.3) is 0 Å². The van der Waals surface area contributed by atoms with E-state index in [1.54, 1.807) is 47.0 Å². The molecule has 0 radical (unpaired) electrons. The van der Waals surface area contributed by atoms with E-state index in [1.165, 1.54) is 49.6 Å². The molecule has 0 fully saturated rings. The summed E-state index contributed by atoms with van der Waals surface area (Å²) < 4.78 is 117. The van der Waals surface area contributed by atoms with Crippen LogP contribution in [0.3, 0.4) is 0 Å². The molecule has 2 heterocycles. The standard InChI is InChI=1S/C37H30Cl2N8O10S3.2Na/c1-3-46(20-21-5-4-6-26(15-21)58(48,49)50)24-9-13-28-31(18-24)47(25-10-14-32(57-2)34(19-25)60(54,55)56)30-16-22(7-11-27(30)42-28)40-29-12-8-23(17-33(29)59(51,52)53)41-37-44-35(38)43-36(39)45-37;;/h4-19H,3,20H2,1-2H3,(H4,41,42,43,44,45,48,49,50,51,52,53,54,55,56);;/q;2*+1/p-2. The van der Waals surface area contributed by atoms with Gasteiger partial charge in [0.2, 0.25) is 33.2 Å². The molecule has 7 rings (SSSR count). The number of aromatic nitrogens is 5. The van der Waals surface area contributed by atoms with Crippen LogP contribution in [0, 0.1) is 0 Å². The summed E-state index contributed by atoms with van der Waals surface area (Å²) in [5.74, 6) is -0.306. The molecule has 0 saturated carbocycles. The van der Waals surface area contributed by atoms with Gasteiger partial charge in [-0.3, -0.25) is 0 Å². The minimum Gasteiger partial charge on any atom is -0.744 e. The van der Waals surface area contributed by atoms with Crippen LogP contribution in [0.25, 0.3) is 27.8 Å². The molecule has 2 aromatic heterocycles. The average Bonchev–Trinajstić information content (AvgIpc) is 3.18. The Kier molecular flexibility index (Phi) is 15.5. The van der Waals surface area contributed by atoms with Crippen molar-refractivity contribution >= 4 is 104 Å². The van der Waals surface area contributed by atoms with Crippen LogP contribution in [0.5, 0.6) is 5.75 Å². The van der Waals surface area contributed by atoms with Crippen molar-refractivity contribution in [2.24, 2.45) is 0 Å². The van der Waals surface area contributed by atoms with Crippen molar-refractivity contribution < 1.29 is 107 Å². The second kappa shape index (κ2) is 19.5. The van der Waals surface area contributed by atoms with Crippen LogP contribution in [-0.2, 0) is 36.9 Å². The Morgan fingerprint density at radius 1 is 0.677 bits per heavy atom. The summed E-state index contributed by atoms with van der Waals surface area (Å²) >= 11 is 11.7. The van der Waals surface area contributed by atoms with Crippen molar-refractivity contribution in [2.45, 2.75) is 28.2 Å². The molecule has 0 amide bonds. The molecule has 0 spiro atoms. The van der Waals surface area contributed by atoms with E-state index in [-0.39, 0.29) is 116 Å². The number of hydrogen-bond donors (Lipinski definition) is 2. The molecule has 25 heteroatoms. The largest absolute Gasteiger partial charge is 1.00 e. The first kappa shape index (κ1) is 49.2. The van der Waals surface area contributed by atoms with Gasteiger partial charge in [-0.15, -0.1) is 4.57 Å². The van der Waals surface area contributed by atoms with Gasteiger partial charge < -0.3 is 33.9 Å². The molecule has 7 aromatic rings. The van der Waals surface area contributed by atoms with Crippen molar-refractivity contribution in [3.8, 4) is 11.4 Å². The first-order chi connectivity index (χ1) is 28.3. The number of rotatable bonds is 13. The third kappa shape index (κ3) is 11.1. The van der Waals surface area contributed by atoms with E-state index < -0.39 is 40.1 Å². The van der Waals surface area contributed by atoms with Gasteiger partial charge in [0, 0.05) is 54.4 Å². The van der Waals surface area contributed by atoms with E-state index in [0.29, 0.717) is 39.9 Å². The summed E-state index contributed by atoms with van der Waals surface area (Å²) in [4.78, 5) is 16.5. The van der Waals surface area contributed by atoms with E-state index in [2.05, 4.69) is 25.6 Å². The van der Waals surface area contributed by atoms with Crippen molar-refractivity contribution in [2.75, 3.05) is 29.2 Å². The van der Waals surface area contributed by atoms with Crippen molar-refractivity contribution in [3.05, 3.63) is 113 Å². The maximum absolute atomic E-state index is 12.6. The van der Waals surface area contributed by atoms with Gasteiger partial charge in [-0.25, -0.2) is 30.2 Å². The van der Waals surface area contributed by atoms with E-state index >= 15 is 0 Å². The number of nitrogens with zero attached hydrogens (tertiary/aromatic N) is 6. The maximum Gasteiger partial charge on any atom is 1.00 e. The number of fused-ring (bicyclic) bond motifs is 2. The molecule has 0 saturated heterocycles. The number of hydrogen-bond acceptors (Lipinski definition) is 17. The van der Waals surface area contributed by atoms with Gasteiger partial charge in [0.05, 0.1) is 22.6 Å². The molecular weight excluding hydrogens is 930 g/mol. The molecule has 0 aliphatic carbocycles. The predicted octanol–water partition coefficient (Wildman–Crippen LogP) is -0.601. The second-order valence-corrected chi connectivity index (χ2v) is 17.6. The van der Waals surface area contributed by atoms with Crippen molar-refractivity contribution in [1.29, 1.82) is 0 Å². The molecule has 310 valence electrons. The molecule has 0 atom stereocenters. The average molecular weight is 958 g/mol. The minimum atomic E-state index is -5.10. The monoisotopic (exact) mass is 956 g/mol. The van der Waals surface area contributed by atoms with Crippen LogP contribution in [0.4, 0.5) is 28.7 Å². The second-order valence-electron chi connectivity index (χ2n) is 12.8. The van der Waals surface area contributed by atoms with Gasteiger partial charge >= 0.3 is 59.1 Å². The van der Waals surface area contributed by atoms with Crippen LogP contribution in [-0.4, -0.2) is 72.5 Å². The fourth-order valence-corrected chi connectivity index (χ4v) is 8.60. The minimum absolute atomic E-state index is 0. The van der Waals surface area contributed by atoms with Gasteiger partial charge in [-0.2, -0.15) is 15.0 Å². The van der Waals surface area contributed by atoms with E-state index in [0.717, 1.165) is 12.1 Å². The van der Waals surface area contributed by atoms with Crippen LogP contribution < -0.4 is 84.0 Å². The molecule has 2 N–H and O–H groups in total. The Morgan fingerprint density at radius 2 is 1.31 bits per heavy atom. The predicted molar refractivity (Wildman–Crippen MR) is 217 cm³/mol. The van der Waals surface area contributed by atoms with E-state index in [4.69, 9.17) is 32.9 Å². The fraction of sp³-hybridized carbons (Fsp3) is 0.108. The number of halogens is 2. The SMILES string of the molecule is CCN(Cc1cccc(S(=O)(=O)[O-])c1)c1ccc2nc3ccc(Nc4ccc(Nc5nc(Cl)nc(Cl)n5)cc4S(=O)(=O)[O-])cc3[n+](-c3ccc(OC)c(S(=O)(=O)[O-])c3)c2c1.[Na+].[Na+]. The Balaban J connectivity index is 0.00000363. The summed E-state index contributed by atoms with van der Waals surface area (Å²) in [5.41, 5.74) is 3.20. The molecule has 0 bridgehead atoms. The number of anilines is 5. The van der Waals surface area contributed by atoms with Gasteiger partial charge in [-0.05, 0) is 96.4 Å². The summed E-state index contributed by atoms with van der Waals surface area (Å²) in [6.07, 6.45) is 0. The molecule has 62 heavy (non-hydrogen) atoms. The summed E-state index contributed by atoms with van der Waals surface area (Å²) in [6.45, 7) is 2.49. The first-order valence-corrected chi connectivity index (χ1v) is 22.2. The number of benzene rings is 5. The van der Waals surface area contributed by atoms with Gasteiger partial charge in [0.15, 0.2) is 0 Å². The number of nitrogens with one attached hydrogen (secondary N) is 2. The molecule has 0 unspecified atom stereocenters. The molecule has 0 aliphatic heterocycles. The van der Waals surface area contributed by atoms with Crippen molar-refractivity contribution in [3.63, 3.8) is 0 Å². The third-order valence-electron chi connectivity index (χ3n) is 9.01. The fourth-order valence-electron chi connectivity index (χ4n) is 6.38. The summed E-state index contributed by atoms with van der Waals surface area (Å²) in [6, 6.07) is 23.6. The Labute approximate surface area is 409 Å². The third-order valence-corrected chi connectivity index (χ3v) is 11.9. The van der Waals surface area contributed by atoms with Crippen LogP contribution in [0.15, 0.2) is 112 Å². The molecular formula is C37H28Cl2N8Na2O10S3. The van der Waals surface area contributed by atoms with Crippen molar-refractivity contribution in [1.82, 2.24) is 19.9 Å². The number of methoxy groups -OCH3 is 1. The summed E-state index contributed by atoms with van der Waals surface area (Å²) in [7, 11) is -13.7. The molecule has 0 aliphatic rings. The van der Waals surface area contributed by atoms with Crippen LogP contribution in [0.2, 0.25) is 10.6 Å². The van der Waals surface area contributed by atoms with Gasteiger partial charge in [-0.1, -0.05) is 12.1 Å². The maximum atomic E-state index is 12.6. The smallest absolute Gasteiger partial charge is 0.744 e. The van der Waals surface area contributed by atoms with E-state index in [9.17, 15) is 38.9 Å². The Morgan fingerprint density at radius 3 is 1.94 bits per heavy atom. The zero-order valence-electron chi connectivity index (χ0n) is 32.9.